The normalized spacial score (nSPS) is 19.0. The molecular weight excluding hydrogens is 342 g/mol. The molecule has 140 valence electrons. The first-order valence-corrected chi connectivity index (χ1v) is 9.63. The molecule has 0 atom stereocenters. The lowest BCUT2D eigenvalue weighted by atomic mass is 9.96. The van der Waals surface area contributed by atoms with E-state index in [-0.39, 0.29) is 5.56 Å². The Hall–Kier alpha value is -2.61. The largest absolute Gasteiger partial charge is 0.302 e. The summed E-state index contributed by atoms with van der Waals surface area (Å²) in [5.41, 5.74) is 2.78. The molecule has 5 rings (SSSR count). The van der Waals surface area contributed by atoms with E-state index in [1.165, 1.54) is 17.4 Å². The summed E-state index contributed by atoms with van der Waals surface area (Å²) in [7, 11) is 1.74. The summed E-state index contributed by atoms with van der Waals surface area (Å²) in [6, 6.07) is 4.12. The van der Waals surface area contributed by atoms with Gasteiger partial charge in [0.2, 0.25) is 0 Å². The zero-order valence-electron chi connectivity index (χ0n) is 15.5. The fraction of sp³-hybridized carbons (Fsp3) is 0.526. The summed E-state index contributed by atoms with van der Waals surface area (Å²) in [6.45, 7) is 2.51. The van der Waals surface area contributed by atoms with E-state index in [1.807, 2.05) is 10.6 Å². The maximum Gasteiger partial charge on any atom is 0.257 e. The smallest absolute Gasteiger partial charge is 0.257 e. The van der Waals surface area contributed by atoms with Crippen molar-refractivity contribution < 1.29 is 0 Å². The van der Waals surface area contributed by atoms with Crippen LogP contribution in [0.25, 0.3) is 5.65 Å². The first kappa shape index (κ1) is 16.6. The van der Waals surface area contributed by atoms with Gasteiger partial charge in [-0.3, -0.25) is 9.69 Å². The average molecular weight is 365 g/mol. The molecule has 0 spiro atoms. The van der Waals surface area contributed by atoms with Gasteiger partial charge in [0.25, 0.3) is 5.56 Å². The van der Waals surface area contributed by atoms with Crippen LogP contribution in [0, 0.1) is 0 Å². The monoisotopic (exact) mass is 365 g/mol. The van der Waals surface area contributed by atoms with Gasteiger partial charge < -0.3 is 4.57 Å². The fourth-order valence-electron chi connectivity index (χ4n) is 3.93. The number of hydrogen-bond acceptors (Lipinski definition) is 6. The minimum absolute atomic E-state index is 0.0346. The zero-order valence-corrected chi connectivity index (χ0v) is 15.5. The van der Waals surface area contributed by atoms with Crippen molar-refractivity contribution in [2.75, 3.05) is 13.1 Å². The number of hydrogen-bond donors (Lipinski definition) is 0. The molecule has 1 aliphatic carbocycles. The number of rotatable bonds is 4. The number of fused-ring (bicyclic) bond motifs is 1. The van der Waals surface area contributed by atoms with Gasteiger partial charge in [-0.05, 0) is 50.9 Å². The van der Waals surface area contributed by atoms with Crippen LogP contribution < -0.4 is 5.56 Å². The van der Waals surface area contributed by atoms with Gasteiger partial charge in [0, 0.05) is 37.2 Å². The van der Waals surface area contributed by atoms with Gasteiger partial charge in [-0.2, -0.15) is 9.61 Å². The average Bonchev–Trinajstić information content (AvgIpc) is 3.46. The molecule has 2 aliphatic rings. The van der Waals surface area contributed by atoms with E-state index >= 15 is 0 Å². The van der Waals surface area contributed by atoms with Gasteiger partial charge in [-0.15, -0.1) is 10.2 Å². The van der Waals surface area contributed by atoms with Crippen LogP contribution in [0.4, 0.5) is 0 Å². The van der Waals surface area contributed by atoms with Crippen LogP contribution in [-0.4, -0.2) is 47.4 Å². The van der Waals surface area contributed by atoms with Crippen LogP contribution >= 0.6 is 0 Å². The number of aryl methyl sites for hydroxylation is 1. The molecule has 4 heterocycles. The molecule has 1 saturated carbocycles. The number of likely N-dealkylation sites (tertiary alicyclic amines) is 1. The van der Waals surface area contributed by atoms with E-state index in [0.717, 1.165) is 48.7 Å². The predicted molar refractivity (Wildman–Crippen MR) is 99.5 cm³/mol. The number of aromatic nitrogens is 6. The second-order valence-corrected chi connectivity index (χ2v) is 7.75. The van der Waals surface area contributed by atoms with Gasteiger partial charge in [0.1, 0.15) is 0 Å². The molecule has 0 radical (unpaired) electrons. The predicted octanol–water partition coefficient (Wildman–Crippen LogP) is 1.48. The Kier molecular flexibility index (Phi) is 4.00. The Balaban J connectivity index is 1.30. The highest BCUT2D eigenvalue weighted by Gasteiger charge is 2.28. The molecule has 27 heavy (non-hydrogen) atoms. The third-order valence-corrected chi connectivity index (χ3v) is 5.72. The molecule has 0 unspecified atom stereocenters. The topological polar surface area (TPSA) is 81.2 Å². The van der Waals surface area contributed by atoms with E-state index in [2.05, 4.69) is 26.1 Å². The third kappa shape index (κ3) is 3.14. The Bertz CT molecular complexity index is 1030. The quantitative estimate of drug-likeness (QED) is 0.697. The third-order valence-electron chi connectivity index (χ3n) is 5.72. The molecule has 2 fully saturated rings. The van der Waals surface area contributed by atoms with E-state index in [1.54, 1.807) is 19.6 Å². The lowest BCUT2D eigenvalue weighted by Gasteiger charge is -2.30. The first-order chi connectivity index (χ1) is 13.2. The maximum absolute atomic E-state index is 12.2. The van der Waals surface area contributed by atoms with Crippen LogP contribution in [0.5, 0.6) is 0 Å². The van der Waals surface area contributed by atoms with Crippen molar-refractivity contribution in [3.8, 4) is 0 Å². The molecular formula is C19H23N7O. The van der Waals surface area contributed by atoms with E-state index in [9.17, 15) is 4.79 Å². The van der Waals surface area contributed by atoms with Gasteiger partial charge >= 0.3 is 0 Å². The molecule has 8 nitrogen and oxygen atoms in total. The zero-order chi connectivity index (χ0) is 18.4. The molecule has 3 aromatic rings. The molecule has 0 N–H and O–H groups in total. The summed E-state index contributed by atoms with van der Waals surface area (Å²) >= 11 is 0. The second kappa shape index (κ2) is 6.53. The van der Waals surface area contributed by atoms with Crippen molar-refractivity contribution in [3.05, 3.63) is 52.1 Å². The van der Waals surface area contributed by atoms with Crippen molar-refractivity contribution in [3.63, 3.8) is 0 Å². The Morgan fingerprint density at radius 1 is 1.07 bits per heavy atom. The molecule has 0 bridgehead atoms. The SMILES string of the molecule is Cn1cncc(CN2CCC(c3nnc4ccc(C5CC5)nn34)CC2)c1=O. The molecule has 1 saturated heterocycles. The van der Waals surface area contributed by atoms with Gasteiger partial charge in [0.05, 0.1) is 12.0 Å². The molecule has 3 aromatic heterocycles. The first-order valence-electron chi connectivity index (χ1n) is 9.63. The highest BCUT2D eigenvalue weighted by molar-refractivity contribution is 5.38. The second-order valence-electron chi connectivity index (χ2n) is 7.75. The summed E-state index contributed by atoms with van der Waals surface area (Å²) in [4.78, 5) is 18.7. The highest BCUT2D eigenvalue weighted by Crippen LogP contribution is 2.39. The molecule has 0 amide bonds. The van der Waals surface area contributed by atoms with Crippen molar-refractivity contribution >= 4 is 5.65 Å². The molecule has 8 heteroatoms. The van der Waals surface area contributed by atoms with Crippen molar-refractivity contribution in [1.29, 1.82) is 0 Å². The van der Waals surface area contributed by atoms with Crippen LogP contribution in [0.2, 0.25) is 0 Å². The summed E-state index contributed by atoms with van der Waals surface area (Å²) < 4.78 is 3.48. The minimum Gasteiger partial charge on any atom is -0.302 e. The molecule has 1 aliphatic heterocycles. The highest BCUT2D eigenvalue weighted by atomic mass is 16.1. The van der Waals surface area contributed by atoms with E-state index < -0.39 is 0 Å². The van der Waals surface area contributed by atoms with Crippen LogP contribution in [-0.2, 0) is 13.6 Å². The van der Waals surface area contributed by atoms with Gasteiger partial charge in [-0.1, -0.05) is 0 Å². The molecule has 0 aromatic carbocycles. The number of piperidine rings is 1. The Morgan fingerprint density at radius 3 is 2.67 bits per heavy atom. The Labute approximate surface area is 156 Å². The van der Waals surface area contributed by atoms with Crippen molar-refractivity contribution in [2.24, 2.45) is 7.05 Å². The summed E-state index contributed by atoms with van der Waals surface area (Å²) in [6.07, 6.45) is 7.71. The van der Waals surface area contributed by atoms with Gasteiger partial charge in [-0.25, -0.2) is 4.98 Å². The fourth-order valence-corrected chi connectivity index (χ4v) is 3.93. The van der Waals surface area contributed by atoms with Crippen molar-refractivity contribution in [2.45, 2.75) is 44.1 Å². The van der Waals surface area contributed by atoms with E-state index in [0.29, 0.717) is 18.4 Å². The lowest BCUT2D eigenvalue weighted by molar-refractivity contribution is 0.199. The van der Waals surface area contributed by atoms with Crippen molar-refractivity contribution in [1.82, 2.24) is 34.3 Å². The van der Waals surface area contributed by atoms with Gasteiger partial charge in [0.15, 0.2) is 11.5 Å². The number of nitrogens with zero attached hydrogens (tertiary/aromatic N) is 7. The minimum atomic E-state index is 0.0346. The lowest BCUT2D eigenvalue weighted by Crippen LogP contribution is -2.35. The van der Waals surface area contributed by atoms with Crippen LogP contribution in [0.1, 0.15) is 54.6 Å². The van der Waals surface area contributed by atoms with E-state index in [4.69, 9.17) is 5.10 Å². The summed E-state index contributed by atoms with van der Waals surface area (Å²) in [5, 5.41) is 13.6. The summed E-state index contributed by atoms with van der Waals surface area (Å²) in [5.74, 6) is 1.95. The van der Waals surface area contributed by atoms with Crippen LogP contribution in [0.15, 0.2) is 29.5 Å². The van der Waals surface area contributed by atoms with Crippen LogP contribution in [0.3, 0.4) is 0 Å². The standard InChI is InChI=1S/C19H23N7O/c1-24-12-20-10-15(19(24)27)11-25-8-6-14(7-9-25)18-22-21-17-5-4-16(13-2-3-13)23-26(17)18/h4-5,10,12-14H,2-3,6-9,11H2,1H3. The maximum atomic E-state index is 12.2. The Morgan fingerprint density at radius 2 is 1.89 bits per heavy atom.